The molecule has 176 valence electrons. The fourth-order valence-corrected chi connectivity index (χ4v) is 4.30. The molecule has 33 heavy (non-hydrogen) atoms. The highest BCUT2D eigenvalue weighted by atomic mass is 16.6. The molecule has 1 aromatic carbocycles. The Morgan fingerprint density at radius 3 is 2.39 bits per heavy atom. The van der Waals surface area contributed by atoms with Crippen LogP contribution in [0.25, 0.3) is 0 Å². The van der Waals surface area contributed by atoms with E-state index in [9.17, 15) is 14.9 Å². The van der Waals surface area contributed by atoms with Gasteiger partial charge in [0.1, 0.15) is 6.33 Å². The van der Waals surface area contributed by atoms with E-state index in [0.29, 0.717) is 51.4 Å². The number of piperazine rings is 1. The first-order chi connectivity index (χ1) is 16.1. The molecular weight excluding hydrogens is 426 g/mol. The number of hydrogen-bond acceptors (Lipinski definition) is 9. The monoisotopic (exact) mass is 455 g/mol. The van der Waals surface area contributed by atoms with E-state index in [4.69, 9.17) is 4.74 Å². The zero-order chi connectivity index (χ0) is 23.2. The van der Waals surface area contributed by atoms with Gasteiger partial charge >= 0.3 is 11.8 Å². The number of nitrogens with zero attached hydrogens (tertiary/aromatic N) is 6. The summed E-state index contributed by atoms with van der Waals surface area (Å²) in [6.45, 7) is 5.94. The highest BCUT2D eigenvalue weighted by Crippen LogP contribution is 2.34. The van der Waals surface area contributed by atoms with E-state index in [1.807, 2.05) is 23.1 Å². The van der Waals surface area contributed by atoms with Gasteiger partial charge < -0.3 is 24.8 Å². The fraction of sp³-hybridized carbons (Fsp3) is 0.500. The molecular formula is C22H29N7O4. The average Bonchev–Trinajstić information content (AvgIpc) is 2.85. The topological polar surface area (TPSA) is 117 Å². The van der Waals surface area contributed by atoms with Crippen molar-refractivity contribution in [2.75, 3.05) is 61.0 Å². The molecule has 4 rings (SSSR count). The van der Waals surface area contributed by atoms with E-state index in [1.54, 1.807) is 11.8 Å². The van der Waals surface area contributed by atoms with Gasteiger partial charge in [-0.2, -0.15) is 0 Å². The lowest BCUT2D eigenvalue weighted by Gasteiger charge is -2.36. The van der Waals surface area contributed by atoms with Gasteiger partial charge in [0.05, 0.1) is 11.5 Å². The lowest BCUT2D eigenvalue weighted by molar-refractivity contribution is -0.383. The summed E-state index contributed by atoms with van der Waals surface area (Å²) >= 11 is 0. The molecule has 0 bridgehead atoms. The maximum absolute atomic E-state index is 12.0. The lowest BCUT2D eigenvalue weighted by Crippen LogP contribution is -2.47. The summed E-state index contributed by atoms with van der Waals surface area (Å²) in [7, 11) is 0. The molecule has 0 radical (unpaired) electrons. The molecule has 2 aliphatic rings. The van der Waals surface area contributed by atoms with E-state index in [0.717, 1.165) is 18.8 Å². The number of hydrogen-bond donors (Lipinski definition) is 1. The third kappa shape index (κ3) is 5.24. The first-order valence-corrected chi connectivity index (χ1v) is 11.3. The third-order valence-electron chi connectivity index (χ3n) is 6.05. The molecule has 11 heteroatoms. The van der Waals surface area contributed by atoms with Crippen molar-refractivity contribution in [3.63, 3.8) is 0 Å². The van der Waals surface area contributed by atoms with Gasteiger partial charge in [-0.05, 0) is 31.9 Å². The molecule has 2 fully saturated rings. The molecule has 2 aromatic rings. The highest BCUT2D eigenvalue weighted by Gasteiger charge is 2.31. The summed E-state index contributed by atoms with van der Waals surface area (Å²) in [6, 6.07) is 10.1. The fourth-order valence-electron chi connectivity index (χ4n) is 4.30. The summed E-state index contributed by atoms with van der Waals surface area (Å²) in [5.74, 6) is 0.569. The number of carbonyl (C=O) groups is 1. The number of likely N-dealkylation sites (tertiary alicyclic amines) is 1. The summed E-state index contributed by atoms with van der Waals surface area (Å²) in [6.07, 6.45) is 2.37. The molecule has 0 aliphatic carbocycles. The number of rotatable bonds is 6. The quantitative estimate of drug-likeness (QED) is 0.518. The molecule has 1 amide bonds. The molecule has 2 saturated heterocycles. The summed E-state index contributed by atoms with van der Waals surface area (Å²) in [5.41, 5.74) is 1.05. The minimum atomic E-state index is -0.408. The SMILES string of the molecule is CCOC(=O)N1CCC(Nc2ncnc(N3CCN(c4ccccc4)CC3)c2[N+](=O)[O-])CC1. The Morgan fingerprint density at radius 1 is 1.09 bits per heavy atom. The third-order valence-corrected chi connectivity index (χ3v) is 6.05. The second-order valence-corrected chi connectivity index (χ2v) is 8.07. The molecule has 0 unspecified atom stereocenters. The predicted molar refractivity (Wildman–Crippen MR) is 125 cm³/mol. The number of ether oxygens (including phenoxy) is 1. The first-order valence-electron chi connectivity index (χ1n) is 11.3. The molecule has 1 aromatic heterocycles. The number of nitro groups is 1. The van der Waals surface area contributed by atoms with Gasteiger partial charge in [-0.15, -0.1) is 0 Å². The van der Waals surface area contributed by atoms with Crippen molar-refractivity contribution in [1.82, 2.24) is 14.9 Å². The molecule has 0 saturated carbocycles. The van der Waals surface area contributed by atoms with Crippen LogP contribution in [0.2, 0.25) is 0 Å². The van der Waals surface area contributed by atoms with Crippen molar-refractivity contribution in [3.05, 3.63) is 46.8 Å². The molecule has 0 atom stereocenters. The van der Waals surface area contributed by atoms with E-state index >= 15 is 0 Å². The normalized spacial score (nSPS) is 17.1. The number of aromatic nitrogens is 2. The number of piperidine rings is 1. The van der Waals surface area contributed by atoms with Crippen molar-refractivity contribution in [1.29, 1.82) is 0 Å². The van der Waals surface area contributed by atoms with Gasteiger partial charge in [0.25, 0.3) is 0 Å². The minimum Gasteiger partial charge on any atom is -0.450 e. The maximum atomic E-state index is 12.0. The summed E-state index contributed by atoms with van der Waals surface area (Å²) < 4.78 is 5.05. The van der Waals surface area contributed by atoms with Crippen molar-refractivity contribution in [3.8, 4) is 0 Å². The number of benzene rings is 1. The number of amides is 1. The van der Waals surface area contributed by atoms with Gasteiger partial charge in [-0.3, -0.25) is 10.1 Å². The maximum Gasteiger partial charge on any atom is 0.409 e. The second-order valence-electron chi connectivity index (χ2n) is 8.07. The zero-order valence-electron chi connectivity index (χ0n) is 18.7. The van der Waals surface area contributed by atoms with E-state index in [1.165, 1.54) is 6.33 Å². The number of nitrogens with one attached hydrogen (secondary N) is 1. The number of carbonyl (C=O) groups excluding carboxylic acids is 1. The van der Waals surface area contributed by atoms with E-state index in [2.05, 4.69) is 32.3 Å². The Balaban J connectivity index is 1.43. The van der Waals surface area contributed by atoms with Crippen molar-refractivity contribution in [2.24, 2.45) is 0 Å². The van der Waals surface area contributed by atoms with Gasteiger partial charge in [0, 0.05) is 51.0 Å². The largest absolute Gasteiger partial charge is 0.450 e. The Hall–Kier alpha value is -3.63. The minimum absolute atomic E-state index is 0.0212. The first kappa shape index (κ1) is 22.6. The van der Waals surface area contributed by atoms with Crippen molar-refractivity contribution >= 4 is 29.1 Å². The molecule has 3 heterocycles. The van der Waals surface area contributed by atoms with Gasteiger partial charge in [-0.25, -0.2) is 14.8 Å². The molecule has 1 N–H and O–H groups in total. The average molecular weight is 456 g/mol. The standard InChI is InChI=1S/C22H29N7O4/c1-2-33-22(30)28-10-8-17(9-11-28)25-20-19(29(31)32)21(24-16-23-20)27-14-12-26(13-15-27)18-6-4-3-5-7-18/h3-7,16-17H,2,8-15H2,1H3,(H,23,24,25). The number of para-hydroxylation sites is 1. The van der Waals surface area contributed by atoms with Crippen LogP contribution >= 0.6 is 0 Å². The van der Waals surface area contributed by atoms with Gasteiger partial charge in [0.2, 0.25) is 11.6 Å². The predicted octanol–water partition coefficient (Wildman–Crippen LogP) is 2.74. The van der Waals surface area contributed by atoms with E-state index in [-0.39, 0.29) is 23.6 Å². The Labute approximate surface area is 192 Å². The van der Waals surface area contributed by atoms with Crippen LogP contribution in [0.1, 0.15) is 19.8 Å². The van der Waals surface area contributed by atoms with Crippen LogP contribution in [0.4, 0.5) is 27.8 Å². The van der Waals surface area contributed by atoms with Gasteiger partial charge in [0.15, 0.2) is 0 Å². The smallest absolute Gasteiger partial charge is 0.409 e. The summed E-state index contributed by atoms with van der Waals surface area (Å²) in [5, 5.41) is 15.2. The van der Waals surface area contributed by atoms with Crippen LogP contribution in [-0.2, 0) is 4.74 Å². The van der Waals surface area contributed by atoms with Crippen molar-refractivity contribution in [2.45, 2.75) is 25.8 Å². The Morgan fingerprint density at radius 2 is 1.76 bits per heavy atom. The highest BCUT2D eigenvalue weighted by molar-refractivity contribution is 5.71. The molecule has 11 nitrogen and oxygen atoms in total. The zero-order valence-corrected chi connectivity index (χ0v) is 18.7. The van der Waals surface area contributed by atoms with Crippen LogP contribution in [0, 0.1) is 10.1 Å². The summed E-state index contributed by atoms with van der Waals surface area (Å²) in [4.78, 5) is 37.8. The lowest BCUT2D eigenvalue weighted by atomic mass is 10.1. The molecule has 2 aliphatic heterocycles. The molecule has 0 spiro atoms. The van der Waals surface area contributed by atoms with E-state index < -0.39 is 4.92 Å². The van der Waals surface area contributed by atoms with Crippen LogP contribution in [0.5, 0.6) is 0 Å². The second kappa shape index (κ2) is 10.3. The van der Waals surface area contributed by atoms with Crippen LogP contribution < -0.4 is 15.1 Å². The Bertz CT molecular complexity index is 958. The Kier molecular flexibility index (Phi) is 7.06. The van der Waals surface area contributed by atoms with Crippen LogP contribution in [-0.4, -0.2) is 77.8 Å². The van der Waals surface area contributed by atoms with Crippen LogP contribution in [0.15, 0.2) is 36.7 Å². The van der Waals surface area contributed by atoms with Crippen LogP contribution in [0.3, 0.4) is 0 Å². The van der Waals surface area contributed by atoms with Crippen molar-refractivity contribution < 1.29 is 14.5 Å². The van der Waals surface area contributed by atoms with Gasteiger partial charge in [-0.1, -0.05) is 18.2 Å². The number of anilines is 3.